The molecule has 1 N–H and O–H groups in total. The molecule has 0 saturated heterocycles. The summed E-state index contributed by atoms with van der Waals surface area (Å²) < 4.78 is 13.0. The molecule has 0 aliphatic heterocycles. The zero-order valence-corrected chi connectivity index (χ0v) is 14.2. The second kappa shape index (κ2) is 7.01. The van der Waals surface area contributed by atoms with Crippen molar-refractivity contribution >= 4 is 28.6 Å². The summed E-state index contributed by atoms with van der Waals surface area (Å²) in [4.78, 5) is 18.0. The third-order valence-electron chi connectivity index (χ3n) is 3.39. The Bertz CT molecular complexity index is 878. The van der Waals surface area contributed by atoms with Crippen LogP contribution in [0.2, 0.25) is 0 Å². The summed E-state index contributed by atoms with van der Waals surface area (Å²) in [7, 11) is 0. The number of nitrogens with zero attached hydrogens (tertiary/aromatic N) is 1. The van der Waals surface area contributed by atoms with Crippen LogP contribution < -0.4 is 5.32 Å². The first kappa shape index (κ1) is 16.5. The van der Waals surface area contributed by atoms with Crippen molar-refractivity contribution < 1.29 is 9.18 Å². The van der Waals surface area contributed by atoms with E-state index in [2.05, 4.69) is 10.3 Å². The number of aromatic nitrogens is 1. The highest BCUT2D eigenvalue weighted by atomic mass is 32.2. The molecule has 0 saturated carbocycles. The first-order valence-corrected chi connectivity index (χ1v) is 8.48. The summed E-state index contributed by atoms with van der Waals surface area (Å²) in [5.41, 5.74) is 1.36. The van der Waals surface area contributed by atoms with Crippen LogP contribution >= 0.6 is 11.8 Å². The highest BCUT2D eigenvalue weighted by Gasteiger charge is 2.14. The minimum absolute atomic E-state index is 0.0534. The van der Waals surface area contributed by atoms with Gasteiger partial charge in [0.05, 0.1) is 11.1 Å². The van der Waals surface area contributed by atoms with Gasteiger partial charge >= 0.3 is 0 Å². The highest BCUT2D eigenvalue weighted by molar-refractivity contribution is 7.99. The van der Waals surface area contributed by atoms with Gasteiger partial charge in [0.25, 0.3) is 5.91 Å². The summed E-state index contributed by atoms with van der Waals surface area (Å²) in [6.07, 6.45) is 0. The smallest absolute Gasteiger partial charge is 0.252 e. The fraction of sp³-hybridized carbons (Fsp3) is 0.158. The van der Waals surface area contributed by atoms with Crippen LogP contribution in [0.1, 0.15) is 24.2 Å². The molecule has 3 rings (SSSR count). The number of rotatable bonds is 4. The van der Waals surface area contributed by atoms with E-state index >= 15 is 0 Å². The molecule has 1 amide bonds. The largest absolute Gasteiger partial charge is 0.350 e. The molecule has 0 fully saturated rings. The molecule has 0 atom stereocenters. The second-order valence-corrected chi connectivity index (χ2v) is 6.80. The van der Waals surface area contributed by atoms with Crippen LogP contribution in [0.25, 0.3) is 10.9 Å². The zero-order valence-electron chi connectivity index (χ0n) is 13.4. The Morgan fingerprint density at radius 3 is 2.54 bits per heavy atom. The normalized spacial score (nSPS) is 11.0. The predicted octanol–water partition coefficient (Wildman–Crippen LogP) is 4.66. The summed E-state index contributed by atoms with van der Waals surface area (Å²) in [6.45, 7) is 3.85. The maximum atomic E-state index is 13.0. The molecule has 3 nitrogen and oxygen atoms in total. The molecule has 24 heavy (non-hydrogen) atoms. The van der Waals surface area contributed by atoms with Gasteiger partial charge in [0.1, 0.15) is 10.8 Å². The number of benzene rings is 2. The van der Waals surface area contributed by atoms with Crippen LogP contribution in [0, 0.1) is 5.82 Å². The van der Waals surface area contributed by atoms with Crippen LogP contribution in [0.4, 0.5) is 4.39 Å². The zero-order chi connectivity index (χ0) is 17.1. The Morgan fingerprint density at radius 1 is 1.12 bits per heavy atom. The number of carbonyl (C=O) groups excluding carboxylic acids is 1. The number of amides is 1. The highest BCUT2D eigenvalue weighted by Crippen LogP contribution is 2.29. The van der Waals surface area contributed by atoms with E-state index in [1.54, 1.807) is 18.2 Å². The lowest BCUT2D eigenvalue weighted by molar-refractivity contribution is 0.0944. The number of para-hydroxylation sites is 1. The molecule has 122 valence electrons. The average molecular weight is 340 g/mol. The minimum atomic E-state index is -0.275. The van der Waals surface area contributed by atoms with E-state index in [1.165, 1.54) is 23.9 Å². The third kappa shape index (κ3) is 3.74. The molecule has 1 aromatic heterocycles. The Morgan fingerprint density at radius 2 is 1.83 bits per heavy atom. The molecule has 1 heterocycles. The van der Waals surface area contributed by atoms with Crippen molar-refractivity contribution in [1.82, 2.24) is 10.3 Å². The monoisotopic (exact) mass is 340 g/mol. The Kier molecular flexibility index (Phi) is 4.81. The molecule has 0 unspecified atom stereocenters. The van der Waals surface area contributed by atoms with Crippen molar-refractivity contribution in [2.75, 3.05) is 0 Å². The maximum Gasteiger partial charge on any atom is 0.252 e. The minimum Gasteiger partial charge on any atom is -0.350 e. The van der Waals surface area contributed by atoms with Crippen LogP contribution in [0.3, 0.4) is 0 Å². The number of pyridine rings is 1. The number of carbonyl (C=O) groups is 1. The molecule has 0 bridgehead atoms. The molecule has 3 aromatic rings. The van der Waals surface area contributed by atoms with E-state index < -0.39 is 0 Å². The molecule has 5 heteroatoms. The van der Waals surface area contributed by atoms with Gasteiger partial charge in [-0.15, -0.1) is 0 Å². The van der Waals surface area contributed by atoms with Crippen LogP contribution in [-0.4, -0.2) is 16.9 Å². The first-order chi connectivity index (χ1) is 11.5. The summed E-state index contributed by atoms with van der Waals surface area (Å²) in [5.74, 6) is -0.396. The Hall–Kier alpha value is -2.40. The molecular weight excluding hydrogens is 323 g/mol. The van der Waals surface area contributed by atoms with Gasteiger partial charge in [-0.25, -0.2) is 9.37 Å². The standard InChI is InChI=1S/C19H17FN2OS/c1-12(2)21-19(23)16-11-18(22-17-6-4-3-5-15(16)17)24-14-9-7-13(20)8-10-14/h3-12H,1-2H3,(H,21,23). The number of nitrogens with one attached hydrogen (secondary N) is 1. The lowest BCUT2D eigenvalue weighted by Gasteiger charge is -2.12. The average Bonchev–Trinajstić information content (AvgIpc) is 2.55. The van der Waals surface area contributed by atoms with Gasteiger partial charge in [0.15, 0.2) is 0 Å². The Labute approximate surface area is 144 Å². The van der Waals surface area contributed by atoms with Gasteiger partial charge < -0.3 is 5.32 Å². The quantitative estimate of drug-likeness (QED) is 0.751. The summed E-state index contributed by atoms with van der Waals surface area (Å²) >= 11 is 1.40. The van der Waals surface area contributed by atoms with Gasteiger partial charge in [-0.3, -0.25) is 4.79 Å². The number of hydrogen-bond donors (Lipinski definition) is 1. The molecule has 0 radical (unpaired) electrons. The molecule has 2 aromatic carbocycles. The van der Waals surface area contributed by atoms with E-state index in [0.29, 0.717) is 10.6 Å². The molecule has 0 spiro atoms. The van der Waals surface area contributed by atoms with Gasteiger partial charge in [-0.1, -0.05) is 30.0 Å². The van der Waals surface area contributed by atoms with E-state index in [1.807, 2.05) is 38.1 Å². The van der Waals surface area contributed by atoms with Gasteiger partial charge in [0.2, 0.25) is 0 Å². The molecular formula is C19H17FN2OS. The first-order valence-electron chi connectivity index (χ1n) is 7.67. The van der Waals surface area contributed by atoms with Crippen LogP contribution in [-0.2, 0) is 0 Å². The molecule has 0 aliphatic carbocycles. The third-order valence-corrected chi connectivity index (χ3v) is 4.32. The van der Waals surface area contributed by atoms with Crippen molar-refractivity contribution in [1.29, 1.82) is 0 Å². The van der Waals surface area contributed by atoms with Gasteiger partial charge in [-0.05, 0) is 50.2 Å². The van der Waals surface area contributed by atoms with E-state index in [4.69, 9.17) is 0 Å². The maximum absolute atomic E-state index is 13.0. The number of hydrogen-bond acceptors (Lipinski definition) is 3. The Balaban J connectivity index is 2.02. The second-order valence-electron chi connectivity index (χ2n) is 5.71. The fourth-order valence-corrected chi connectivity index (χ4v) is 3.19. The van der Waals surface area contributed by atoms with E-state index in [-0.39, 0.29) is 17.8 Å². The number of halogens is 1. The lowest BCUT2D eigenvalue weighted by atomic mass is 10.1. The van der Waals surface area contributed by atoms with Crippen molar-refractivity contribution in [3.05, 3.63) is 66.0 Å². The van der Waals surface area contributed by atoms with Crippen molar-refractivity contribution in [3.63, 3.8) is 0 Å². The van der Waals surface area contributed by atoms with E-state index in [9.17, 15) is 9.18 Å². The molecule has 0 aliphatic rings. The SMILES string of the molecule is CC(C)NC(=O)c1cc(Sc2ccc(F)cc2)nc2ccccc12. The van der Waals surface area contributed by atoms with Crippen LogP contribution in [0.15, 0.2) is 64.5 Å². The van der Waals surface area contributed by atoms with Crippen molar-refractivity contribution in [2.24, 2.45) is 0 Å². The van der Waals surface area contributed by atoms with E-state index in [0.717, 1.165) is 15.8 Å². The van der Waals surface area contributed by atoms with Crippen molar-refractivity contribution in [3.8, 4) is 0 Å². The van der Waals surface area contributed by atoms with Crippen LogP contribution in [0.5, 0.6) is 0 Å². The van der Waals surface area contributed by atoms with Gasteiger partial charge in [0, 0.05) is 16.3 Å². The summed E-state index contributed by atoms with van der Waals surface area (Å²) in [6, 6.07) is 15.6. The van der Waals surface area contributed by atoms with Gasteiger partial charge in [-0.2, -0.15) is 0 Å². The predicted molar refractivity (Wildman–Crippen MR) is 94.9 cm³/mol. The fourth-order valence-electron chi connectivity index (χ4n) is 2.35. The topological polar surface area (TPSA) is 42.0 Å². The van der Waals surface area contributed by atoms with Crippen molar-refractivity contribution in [2.45, 2.75) is 29.8 Å². The number of fused-ring (bicyclic) bond motifs is 1. The summed E-state index contributed by atoms with van der Waals surface area (Å²) in [5, 5.41) is 4.45. The lowest BCUT2D eigenvalue weighted by Crippen LogP contribution is -2.30.